The number of benzene rings is 2. The number of aromatic nitrogens is 2. The lowest BCUT2D eigenvalue weighted by Gasteiger charge is -2.08. The van der Waals surface area contributed by atoms with Gasteiger partial charge in [-0.1, -0.05) is 28.4 Å². The van der Waals surface area contributed by atoms with Crippen LogP contribution in [0.15, 0.2) is 45.8 Å². The first kappa shape index (κ1) is 19.5. The highest BCUT2D eigenvalue weighted by Crippen LogP contribution is 2.30. The van der Waals surface area contributed by atoms with Gasteiger partial charge in [0.05, 0.1) is 15.8 Å². The maximum absolute atomic E-state index is 10.6. The summed E-state index contributed by atoms with van der Waals surface area (Å²) in [5.41, 5.74) is 1.57. The summed E-state index contributed by atoms with van der Waals surface area (Å²) >= 11 is 13.4. The number of aliphatic carboxylic acids is 1. The quantitative estimate of drug-likeness (QED) is 0.527. The van der Waals surface area contributed by atoms with Crippen molar-refractivity contribution in [1.82, 2.24) is 10.1 Å². The second kappa shape index (κ2) is 8.65. The Labute approximate surface area is 169 Å². The molecule has 0 unspecified atom stereocenters. The second-order valence-electron chi connectivity index (χ2n) is 5.54. The van der Waals surface area contributed by atoms with Crippen molar-refractivity contribution in [2.75, 3.05) is 6.61 Å². The molecule has 0 aliphatic carbocycles. The highest BCUT2D eigenvalue weighted by atomic mass is 35.5. The molecule has 3 rings (SSSR count). The van der Waals surface area contributed by atoms with Crippen LogP contribution in [0.2, 0.25) is 10.0 Å². The maximum Gasteiger partial charge on any atom is 0.341 e. The number of nitrogens with zero attached hydrogens (tertiary/aromatic N) is 2. The molecule has 27 heavy (non-hydrogen) atoms. The first-order valence-electron chi connectivity index (χ1n) is 7.78. The molecule has 0 bridgehead atoms. The van der Waals surface area contributed by atoms with Crippen LogP contribution in [0.4, 0.5) is 0 Å². The van der Waals surface area contributed by atoms with E-state index in [4.69, 9.17) is 37.6 Å². The lowest BCUT2D eigenvalue weighted by Crippen LogP contribution is -2.09. The predicted octanol–water partition coefficient (Wildman–Crippen LogP) is 5.11. The van der Waals surface area contributed by atoms with Gasteiger partial charge < -0.3 is 14.4 Å². The number of thioether (sulfide) groups is 1. The summed E-state index contributed by atoms with van der Waals surface area (Å²) in [6, 6.07) is 10.7. The third-order valence-electron chi connectivity index (χ3n) is 3.51. The van der Waals surface area contributed by atoms with E-state index >= 15 is 0 Å². The first-order chi connectivity index (χ1) is 12.9. The highest BCUT2D eigenvalue weighted by Gasteiger charge is 2.11. The Kier molecular flexibility index (Phi) is 6.26. The molecule has 0 aliphatic heterocycles. The summed E-state index contributed by atoms with van der Waals surface area (Å²) in [7, 11) is 0. The van der Waals surface area contributed by atoms with Gasteiger partial charge in [0.25, 0.3) is 0 Å². The largest absolute Gasteiger partial charge is 0.482 e. The van der Waals surface area contributed by atoms with Crippen LogP contribution in [0.25, 0.3) is 11.4 Å². The molecule has 0 saturated heterocycles. The molecule has 0 atom stereocenters. The predicted molar refractivity (Wildman–Crippen MR) is 104 cm³/mol. The van der Waals surface area contributed by atoms with Gasteiger partial charge in [-0.15, -0.1) is 11.8 Å². The average molecular weight is 425 g/mol. The van der Waals surface area contributed by atoms with Gasteiger partial charge >= 0.3 is 5.97 Å². The summed E-state index contributed by atoms with van der Waals surface area (Å²) < 4.78 is 10.5. The number of carboxylic acids is 1. The monoisotopic (exact) mass is 424 g/mol. The fourth-order valence-corrected chi connectivity index (χ4v) is 3.35. The van der Waals surface area contributed by atoms with Crippen LogP contribution < -0.4 is 4.74 Å². The van der Waals surface area contributed by atoms with Crippen molar-refractivity contribution >= 4 is 40.9 Å². The Morgan fingerprint density at radius 2 is 2.04 bits per heavy atom. The van der Waals surface area contributed by atoms with Gasteiger partial charge in [-0.2, -0.15) is 4.98 Å². The van der Waals surface area contributed by atoms with Crippen LogP contribution in [0.1, 0.15) is 11.5 Å². The Hall–Kier alpha value is -2.22. The molecule has 0 spiro atoms. The molecule has 0 radical (unpaired) electrons. The SMILES string of the molecule is Cc1cc(SCc2nc(-c3ccc(Cl)c(Cl)c3)no2)ccc1OCC(=O)O. The topological polar surface area (TPSA) is 85.5 Å². The van der Waals surface area contributed by atoms with Crippen molar-refractivity contribution < 1.29 is 19.2 Å². The first-order valence-corrected chi connectivity index (χ1v) is 9.52. The third-order valence-corrected chi connectivity index (χ3v) is 5.22. The Bertz CT molecular complexity index is 978. The van der Waals surface area contributed by atoms with Crippen molar-refractivity contribution in [2.45, 2.75) is 17.6 Å². The highest BCUT2D eigenvalue weighted by molar-refractivity contribution is 7.98. The van der Waals surface area contributed by atoms with Crippen molar-refractivity contribution in [1.29, 1.82) is 0 Å². The van der Waals surface area contributed by atoms with Crippen LogP contribution in [-0.2, 0) is 10.5 Å². The molecule has 1 aromatic heterocycles. The lowest BCUT2D eigenvalue weighted by molar-refractivity contribution is -0.139. The van der Waals surface area contributed by atoms with Gasteiger partial charge in [-0.25, -0.2) is 4.79 Å². The van der Waals surface area contributed by atoms with Crippen LogP contribution in [0.3, 0.4) is 0 Å². The molecule has 0 aliphatic rings. The smallest absolute Gasteiger partial charge is 0.341 e. The number of hydrogen-bond donors (Lipinski definition) is 1. The van der Waals surface area contributed by atoms with E-state index in [1.807, 2.05) is 19.1 Å². The standard InChI is InChI=1S/C18H14Cl2N2O4S/c1-10-6-12(3-5-15(10)25-8-17(23)24)27-9-16-21-18(22-26-16)11-2-4-13(19)14(20)7-11/h2-7H,8-9H2,1H3,(H,23,24). The fraction of sp³-hybridized carbons (Fsp3) is 0.167. The summed E-state index contributed by atoms with van der Waals surface area (Å²) in [5.74, 6) is 0.939. The van der Waals surface area contributed by atoms with Gasteiger partial charge in [0, 0.05) is 10.5 Å². The van der Waals surface area contributed by atoms with E-state index in [-0.39, 0.29) is 6.61 Å². The number of carboxylic acid groups (broad SMARTS) is 1. The average Bonchev–Trinajstić information content (AvgIpc) is 3.10. The zero-order valence-corrected chi connectivity index (χ0v) is 16.4. The van der Waals surface area contributed by atoms with E-state index in [1.54, 1.807) is 24.3 Å². The minimum atomic E-state index is -1.01. The minimum absolute atomic E-state index is 0.368. The summed E-state index contributed by atoms with van der Waals surface area (Å²) in [6.07, 6.45) is 0. The van der Waals surface area contributed by atoms with E-state index in [1.165, 1.54) is 11.8 Å². The van der Waals surface area contributed by atoms with Crippen LogP contribution in [0, 0.1) is 6.92 Å². The second-order valence-corrected chi connectivity index (χ2v) is 7.40. The molecule has 9 heteroatoms. The lowest BCUT2D eigenvalue weighted by atomic mass is 10.2. The van der Waals surface area contributed by atoms with Crippen molar-refractivity contribution in [3.05, 3.63) is 57.9 Å². The summed E-state index contributed by atoms with van der Waals surface area (Å²) in [5, 5.41) is 13.5. The zero-order chi connectivity index (χ0) is 19.4. The molecule has 140 valence electrons. The van der Waals surface area contributed by atoms with Gasteiger partial charge in [0.15, 0.2) is 6.61 Å². The van der Waals surface area contributed by atoms with E-state index in [2.05, 4.69) is 10.1 Å². The number of aryl methyl sites for hydroxylation is 1. The number of hydrogen-bond acceptors (Lipinski definition) is 6. The number of ether oxygens (including phenoxy) is 1. The van der Waals surface area contributed by atoms with Gasteiger partial charge in [0.1, 0.15) is 5.75 Å². The van der Waals surface area contributed by atoms with E-state index in [9.17, 15) is 4.79 Å². The molecule has 0 fully saturated rings. The van der Waals surface area contributed by atoms with Gasteiger partial charge in [-0.05, 0) is 48.9 Å². The van der Waals surface area contributed by atoms with E-state index < -0.39 is 5.97 Å². The molecular formula is C18H14Cl2N2O4S. The number of rotatable bonds is 7. The Morgan fingerprint density at radius 3 is 2.74 bits per heavy atom. The summed E-state index contributed by atoms with van der Waals surface area (Å²) in [4.78, 5) is 15.9. The van der Waals surface area contributed by atoms with Crippen LogP contribution in [-0.4, -0.2) is 27.8 Å². The molecule has 1 N–H and O–H groups in total. The Morgan fingerprint density at radius 1 is 1.22 bits per heavy atom. The van der Waals surface area contributed by atoms with E-state index in [0.717, 1.165) is 16.0 Å². The number of carbonyl (C=O) groups is 1. The van der Waals surface area contributed by atoms with Crippen molar-refractivity contribution in [2.24, 2.45) is 0 Å². The number of halogens is 2. The molecule has 6 nitrogen and oxygen atoms in total. The molecule has 2 aromatic carbocycles. The molecular weight excluding hydrogens is 411 g/mol. The Balaban J connectivity index is 1.63. The minimum Gasteiger partial charge on any atom is -0.482 e. The molecule has 1 heterocycles. The molecule has 0 amide bonds. The van der Waals surface area contributed by atoms with Gasteiger partial charge in [0.2, 0.25) is 11.7 Å². The maximum atomic E-state index is 10.6. The van der Waals surface area contributed by atoms with E-state index in [0.29, 0.717) is 33.3 Å². The fourth-order valence-electron chi connectivity index (χ4n) is 2.22. The molecule has 0 saturated carbocycles. The van der Waals surface area contributed by atoms with Crippen LogP contribution in [0.5, 0.6) is 5.75 Å². The van der Waals surface area contributed by atoms with Crippen LogP contribution >= 0.6 is 35.0 Å². The van der Waals surface area contributed by atoms with Crippen molar-refractivity contribution in [3.63, 3.8) is 0 Å². The van der Waals surface area contributed by atoms with Crippen molar-refractivity contribution in [3.8, 4) is 17.1 Å². The third kappa shape index (κ3) is 5.15. The molecule has 3 aromatic rings. The normalized spacial score (nSPS) is 10.8. The summed E-state index contributed by atoms with van der Waals surface area (Å²) in [6.45, 7) is 1.49. The zero-order valence-electron chi connectivity index (χ0n) is 14.1. The van der Waals surface area contributed by atoms with Gasteiger partial charge in [-0.3, -0.25) is 0 Å².